The number of aryl methyl sites for hydroxylation is 2. The Balaban J connectivity index is 1.91. The molecule has 0 aliphatic carbocycles. The minimum atomic E-state index is 0.538. The van der Waals surface area contributed by atoms with Gasteiger partial charge in [0.05, 0.1) is 18.8 Å². The number of hydrogen-bond donors (Lipinski definition) is 2. The van der Waals surface area contributed by atoms with Crippen LogP contribution in [0, 0.1) is 13.8 Å². The molecule has 0 radical (unpaired) electrons. The summed E-state index contributed by atoms with van der Waals surface area (Å²) in [5.74, 6) is 1.59. The second kappa shape index (κ2) is 11.2. The van der Waals surface area contributed by atoms with E-state index in [0.717, 1.165) is 34.2 Å². The summed E-state index contributed by atoms with van der Waals surface area (Å²) in [6, 6.07) is 12.2. The highest BCUT2D eigenvalue weighted by Crippen LogP contribution is 2.20. The summed E-state index contributed by atoms with van der Waals surface area (Å²) in [6.07, 6.45) is 0. The Bertz CT molecular complexity index is 747. The van der Waals surface area contributed by atoms with Crippen molar-refractivity contribution in [2.45, 2.75) is 33.9 Å². The summed E-state index contributed by atoms with van der Waals surface area (Å²) in [7, 11) is 1.76. The fourth-order valence-electron chi connectivity index (χ4n) is 2.57. The fourth-order valence-corrected chi connectivity index (χ4v) is 2.57. The minimum absolute atomic E-state index is 0.538. The number of benzene rings is 1. The molecule has 0 fully saturated rings. The lowest BCUT2D eigenvalue weighted by molar-refractivity contribution is 0.110. The van der Waals surface area contributed by atoms with Crippen molar-refractivity contribution < 1.29 is 9.47 Å². The van der Waals surface area contributed by atoms with Gasteiger partial charge in [-0.15, -0.1) is 0 Å². The Kier molecular flexibility index (Phi) is 8.58. The topological polar surface area (TPSA) is 67.8 Å². The molecule has 1 heterocycles. The minimum Gasteiger partial charge on any atom is -0.491 e. The molecule has 0 bridgehead atoms. The normalized spacial score (nSPS) is 11.3. The van der Waals surface area contributed by atoms with Crippen molar-refractivity contribution in [1.29, 1.82) is 0 Å². The van der Waals surface area contributed by atoms with Crippen LogP contribution in [0.5, 0.6) is 5.75 Å². The zero-order valence-electron chi connectivity index (χ0n) is 16.7. The number of hydrogen-bond acceptors (Lipinski definition) is 4. The number of aromatic nitrogens is 1. The molecular formula is C21H30N4O2. The van der Waals surface area contributed by atoms with E-state index in [4.69, 9.17) is 9.47 Å². The second-order valence-electron chi connectivity index (χ2n) is 6.21. The third-order valence-corrected chi connectivity index (χ3v) is 3.96. The maximum atomic E-state index is 5.89. The highest BCUT2D eigenvalue weighted by Gasteiger charge is 2.06. The van der Waals surface area contributed by atoms with Gasteiger partial charge in [0.25, 0.3) is 0 Å². The monoisotopic (exact) mass is 370 g/mol. The van der Waals surface area contributed by atoms with Crippen LogP contribution in [-0.2, 0) is 17.8 Å². The van der Waals surface area contributed by atoms with Gasteiger partial charge in [-0.3, -0.25) is 9.98 Å². The average molecular weight is 370 g/mol. The third kappa shape index (κ3) is 7.27. The lowest BCUT2D eigenvalue weighted by Gasteiger charge is -2.15. The number of nitrogens with one attached hydrogen (secondary N) is 2. The van der Waals surface area contributed by atoms with E-state index in [1.54, 1.807) is 7.05 Å². The molecule has 0 amide bonds. The Labute approximate surface area is 162 Å². The van der Waals surface area contributed by atoms with Gasteiger partial charge in [-0.25, -0.2) is 0 Å². The molecule has 2 aromatic rings. The molecule has 6 heteroatoms. The van der Waals surface area contributed by atoms with Crippen LogP contribution in [0.3, 0.4) is 0 Å². The molecule has 2 N–H and O–H groups in total. The first-order chi connectivity index (χ1) is 13.1. The van der Waals surface area contributed by atoms with Crippen molar-refractivity contribution in [3.05, 3.63) is 58.9 Å². The largest absolute Gasteiger partial charge is 0.491 e. The third-order valence-electron chi connectivity index (χ3n) is 3.96. The van der Waals surface area contributed by atoms with Crippen LogP contribution in [0.4, 0.5) is 0 Å². The molecule has 0 spiro atoms. The van der Waals surface area contributed by atoms with E-state index < -0.39 is 0 Å². The van der Waals surface area contributed by atoms with E-state index in [0.29, 0.717) is 32.9 Å². The molecule has 2 rings (SSSR count). The van der Waals surface area contributed by atoms with Crippen LogP contribution in [0.2, 0.25) is 0 Å². The van der Waals surface area contributed by atoms with Crippen molar-refractivity contribution in [3.8, 4) is 5.75 Å². The van der Waals surface area contributed by atoms with E-state index in [1.807, 2.05) is 32.0 Å². The molecule has 6 nitrogen and oxygen atoms in total. The first-order valence-corrected chi connectivity index (χ1v) is 9.29. The van der Waals surface area contributed by atoms with Gasteiger partial charge in [0.1, 0.15) is 12.4 Å². The summed E-state index contributed by atoms with van der Waals surface area (Å²) < 4.78 is 11.2. The average Bonchev–Trinajstić information content (AvgIpc) is 2.66. The number of guanidine groups is 1. The zero-order chi connectivity index (χ0) is 19.5. The van der Waals surface area contributed by atoms with E-state index in [-0.39, 0.29) is 0 Å². The lowest BCUT2D eigenvalue weighted by Crippen LogP contribution is -2.36. The molecular weight excluding hydrogens is 340 g/mol. The van der Waals surface area contributed by atoms with Crippen LogP contribution in [0.1, 0.15) is 29.4 Å². The predicted octanol–water partition coefficient (Wildman–Crippen LogP) is 2.98. The molecule has 0 saturated carbocycles. The molecule has 0 aliphatic heterocycles. The number of ether oxygens (including phenoxy) is 2. The summed E-state index contributed by atoms with van der Waals surface area (Å²) in [5.41, 5.74) is 4.23. The van der Waals surface area contributed by atoms with E-state index >= 15 is 0 Å². The summed E-state index contributed by atoms with van der Waals surface area (Å²) in [5, 5.41) is 6.62. The summed E-state index contributed by atoms with van der Waals surface area (Å²) in [6.45, 7) is 9.08. The highest BCUT2D eigenvalue weighted by molar-refractivity contribution is 5.79. The van der Waals surface area contributed by atoms with Crippen molar-refractivity contribution in [2.75, 3.05) is 26.9 Å². The standard InChI is InChI=1S/C21H30N4O2/c1-5-26-11-12-27-20-13-16(2)9-10-18(20)14-23-21(22-4)24-15-19-8-6-7-17(3)25-19/h6-10,13H,5,11-12,14-15H2,1-4H3,(H2,22,23,24). The number of rotatable bonds is 9. The van der Waals surface area contributed by atoms with Gasteiger partial charge in [-0.2, -0.15) is 0 Å². The van der Waals surface area contributed by atoms with Crippen LogP contribution in [0.15, 0.2) is 41.4 Å². The van der Waals surface area contributed by atoms with Gasteiger partial charge in [0.15, 0.2) is 5.96 Å². The Morgan fingerprint density at radius 1 is 1.07 bits per heavy atom. The Morgan fingerprint density at radius 2 is 1.89 bits per heavy atom. The van der Waals surface area contributed by atoms with Crippen LogP contribution in [0.25, 0.3) is 0 Å². The molecule has 27 heavy (non-hydrogen) atoms. The molecule has 0 aliphatic rings. The van der Waals surface area contributed by atoms with Crippen molar-refractivity contribution in [1.82, 2.24) is 15.6 Å². The SMILES string of the molecule is CCOCCOc1cc(C)ccc1CNC(=NC)NCc1cccc(C)n1. The fraction of sp³-hybridized carbons (Fsp3) is 0.429. The number of aliphatic imine (C=N–C) groups is 1. The quantitative estimate of drug-likeness (QED) is 0.403. The number of pyridine rings is 1. The molecule has 1 aromatic carbocycles. The maximum Gasteiger partial charge on any atom is 0.191 e. The molecule has 0 atom stereocenters. The van der Waals surface area contributed by atoms with Gasteiger partial charge in [0, 0.05) is 31.5 Å². The van der Waals surface area contributed by atoms with Crippen LogP contribution < -0.4 is 15.4 Å². The summed E-state index contributed by atoms with van der Waals surface area (Å²) >= 11 is 0. The molecule has 1 aromatic heterocycles. The molecule has 0 unspecified atom stereocenters. The lowest BCUT2D eigenvalue weighted by atomic mass is 10.1. The van der Waals surface area contributed by atoms with Gasteiger partial charge >= 0.3 is 0 Å². The van der Waals surface area contributed by atoms with Gasteiger partial charge in [0.2, 0.25) is 0 Å². The highest BCUT2D eigenvalue weighted by atomic mass is 16.5. The summed E-state index contributed by atoms with van der Waals surface area (Å²) in [4.78, 5) is 8.77. The Morgan fingerprint density at radius 3 is 2.63 bits per heavy atom. The Hall–Kier alpha value is -2.60. The van der Waals surface area contributed by atoms with E-state index in [9.17, 15) is 0 Å². The van der Waals surface area contributed by atoms with Crippen molar-refractivity contribution in [3.63, 3.8) is 0 Å². The predicted molar refractivity (Wildman–Crippen MR) is 109 cm³/mol. The van der Waals surface area contributed by atoms with Crippen molar-refractivity contribution >= 4 is 5.96 Å². The maximum absolute atomic E-state index is 5.89. The van der Waals surface area contributed by atoms with E-state index in [2.05, 4.69) is 45.7 Å². The smallest absolute Gasteiger partial charge is 0.191 e. The van der Waals surface area contributed by atoms with E-state index in [1.165, 1.54) is 0 Å². The first kappa shape index (κ1) is 20.7. The molecule has 146 valence electrons. The number of nitrogens with zero attached hydrogens (tertiary/aromatic N) is 2. The van der Waals surface area contributed by atoms with Crippen LogP contribution in [-0.4, -0.2) is 37.8 Å². The second-order valence-corrected chi connectivity index (χ2v) is 6.21. The van der Waals surface area contributed by atoms with Crippen molar-refractivity contribution in [2.24, 2.45) is 4.99 Å². The van der Waals surface area contributed by atoms with Crippen LogP contribution >= 0.6 is 0 Å². The van der Waals surface area contributed by atoms with Gasteiger partial charge < -0.3 is 20.1 Å². The van der Waals surface area contributed by atoms with Gasteiger partial charge in [-0.1, -0.05) is 18.2 Å². The van der Waals surface area contributed by atoms with Gasteiger partial charge in [-0.05, 0) is 44.5 Å². The first-order valence-electron chi connectivity index (χ1n) is 9.29. The molecule has 0 saturated heterocycles. The zero-order valence-corrected chi connectivity index (χ0v) is 16.7.